The number of halogens is 4. The number of aromatic amines is 2. The fourth-order valence-electron chi connectivity index (χ4n) is 7.95. The number of nitrogens with zero attached hydrogens (tertiary/aromatic N) is 4. The van der Waals surface area contributed by atoms with E-state index in [0.717, 1.165) is 20.2 Å². The van der Waals surface area contributed by atoms with Crippen molar-refractivity contribution in [3.63, 3.8) is 0 Å². The van der Waals surface area contributed by atoms with E-state index in [1.165, 1.54) is 23.0 Å². The summed E-state index contributed by atoms with van der Waals surface area (Å²) in [6, 6.07) is 14.8. The van der Waals surface area contributed by atoms with Crippen LogP contribution in [0.5, 0.6) is 11.5 Å². The highest BCUT2D eigenvalue weighted by Gasteiger charge is 2.44. The van der Waals surface area contributed by atoms with Crippen molar-refractivity contribution in [1.82, 2.24) is 24.7 Å². The van der Waals surface area contributed by atoms with Crippen LogP contribution in [0.15, 0.2) is 59.0 Å². The number of hydrogen-bond donors (Lipinski definition) is 3. The number of carbonyl (C=O) groups excluding carboxylic acids is 4. The van der Waals surface area contributed by atoms with Gasteiger partial charge in [-0.3, -0.25) is 14.5 Å². The van der Waals surface area contributed by atoms with Crippen LogP contribution in [0.25, 0.3) is 32.8 Å². The number of nitrogens with one attached hydrogen (secondary N) is 3. The molecule has 3 aromatic heterocycles. The van der Waals surface area contributed by atoms with E-state index in [1.54, 1.807) is 48.5 Å². The van der Waals surface area contributed by atoms with Crippen molar-refractivity contribution in [2.24, 2.45) is 0 Å². The number of piperazine rings is 1. The average molecular weight is 864 g/mol. The number of para-hydroxylation sites is 1. The molecule has 320 valence electrons. The lowest BCUT2D eigenvalue weighted by molar-refractivity contribution is -0.141. The van der Waals surface area contributed by atoms with Crippen molar-refractivity contribution in [2.45, 2.75) is 12.1 Å². The first kappa shape index (κ1) is 41.5. The molecule has 0 saturated carbocycles. The zero-order valence-electron chi connectivity index (χ0n) is 33.5. The van der Waals surface area contributed by atoms with Crippen LogP contribution >= 0.6 is 11.6 Å². The number of aromatic nitrogens is 2. The number of ether oxygens (including phenoxy) is 3. The van der Waals surface area contributed by atoms with E-state index < -0.39 is 47.2 Å². The molecule has 2 aliphatic heterocycles. The third kappa shape index (κ3) is 7.81. The number of H-pyrrole nitrogens is 2. The zero-order chi connectivity index (χ0) is 43.3. The maximum atomic E-state index is 14.6. The highest BCUT2D eigenvalue weighted by Crippen LogP contribution is 2.50. The summed E-state index contributed by atoms with van der Waals surface area (Å²) in [5, 5.41) is 3.83. The first-order valence-corrected chi connectivity index (χ1v) is 19.8. The van der Waals surface area contributed by atoms with Crippen molar-refractivity contribution in [2.75, 3.05) is 90.2 Å². The molecule has 3 amide bonds. The van der Waals surface area contributed by atoms with E-state index in [2.05, 4.69) is 25.1 Å². The predicted molar refractivity (Wildman–Crippen MR) is 221 cm³/mol. The molecule has 19 heteroatoms. The number of amides is 3. The lowest BCUT2D eigenvalue weighted by atomic mass is 9.95. The summed E-state index contributed by atoms with van der Waals surface area (Å²) in [6.45, 7) is 3.28. The summed E-state index contributed by atoms with van der Waals surface area (Å²) in [6.07, 6.45) is -5.86. The van der Waals surface area contributed by atoms with E-state index >= 15 is 0 Å². The second-order valence-corrected chi connectivity index (χ2v) is 15.4. The van der Waals surface area contributed by atoms with Crippen molar-refractivity contribution in [1.29, 1.82) is 0 Å². The van der Waals surface area contributed by atoms with Gasteiger partial charge in [-0.25, -0.2) is 9.59 Å². The number of hydrogen-bond acceptors (Lipinski definition) is 10. The Morgan fingerprint density at radius 2 is 1.74 bits per heavy atom. The van der Waals surface area contributed by atoms with Crippen molar-refractivity contribution in [3.05, 3.63) is 82.9 Å². The minimum absolute atomic E-state index is 0.0588. The number of rotatable bonds is 10. The Morgan fingerprint density at radius 3 is 2.43 bits per heavy atom. The molecule has 0 spiro atoms. The van der Waals surface area contributed by atoms with Gasteiger partial charge in [0.05, 0.1) is 31.0 Å². The molecule has 1 atom stereocenters. The molecule has 8 rings (SSSR count). The van der Waals surface area contributed by atoms with Crippen molar-refractivity contribution in [3.8, 4) is 11.5 Å². The van der Waals surface area contributed by atoms with Gasteiger partial charge >= 0.3 is 18.2 Å². The summed E-state index contributed by atoms with van der Waals surface area (Å²) in [7, 11) is 6.39. The van der Waals surface area contributed by atoms with E-state index in [-0.39, 0.29) is 51.8 Å². The Bertz CT molecular complexity index is 2700. The van der Waals surface area contributed by atoms with Crippen LogP contribution < -0.4 is 19.7 Å². The number of benzene rings is 3. The lowest BCUT2D eigenvalue weighted by Gasteiger charge is -2.34. The summed E-state index contributed by atoms with van der Waals surface area (Å²) < 4.78 is 65.8. The Hall–Kier alpha value is -6.24. The van der Waals surface area contributed by atoms with Gasteiger partial charge in [0.1, 0.15) is 11.4 Å². The second kappa shape index (κ2) is 16.3. The Balaban J connectivity index is 1.13. The SMILES string of the molecule is COC(=O)c1c(C(F)(F)F)[nH]c2c(OC(=O)N3CCN(CCN(C)C)CC3)cc3c(c12)[C@H](CCl)CN3C(=O)c1cc2cc(NC(=O)c3cc4cccc(OC)c4o3)ccc2[nH]1. The van der Waals surface area contributed by atoms with E-state index in [4.69, 9.17) is 30.2 Å². The van der Waals surface area contributed by atoms with Crippen LogP contribution in [0.1, 0.15) is 48.6 Å². The van der Waals surface area contributed by atoms with Gasteiger partial charge in [-0.15, -0.1) is 11.6 Å². The molecule has 3 aromatic carbocycles. The number of fused-ring (bicyclic) bond motifs is 5. The monoisotopic (exact) mass is 863 g/mol. The molecule has 2 aliphatic rings. The van der Waals surface area contributed by atoms with Crippen LogP contribution in [-0.4, -0.2) is 129 Å². The number of carbonyl (C=O) groups is 4. The standard InChI is InChI=1S/C42H41ClF3N7O8/c1-50(2)10-11-51-12-14-52(15-13-51)41(57)61-30-19-28-32(33-34(40(56)59-4)37(42(44,45)46)49-35(30)33)24(20-43)21-53(28)39(55)27-17-23-16-25(8-9-26(23)48-27)47-38(54)31-18-22-6-5-7-29(58-3)36(22)60-31/h5-9,16-19,24,48-49H,10-15,20-21H2,1-4H3,(H,47,54)/t24-/m1/s1. The molecule has 61 heavy (non-hydrogen) atoms. The second-order valence-electron chi connectivity index (χ2n) is 15.1. The topological polar surface area (TPSA) is 166 Å². The summed E-state index contributed by atoms with van der Waals surface area (Å²) in [5.74, 6) is -3.04. The van der Waals surface area contributed by atoms with Crippen LogP contribution in [0, 0.1) is 0 Å². The van der Waals surface area contributed by atoms with Crippen LogP contribution in [0.2, 0.25) is 0 Å². The third-order valence-corrected chi connectivity index (χ3v) is 11.4. The van der Waals surface area contributed by atoms with Crippen LogP contribution in [0.4, 0.5) is 29.3 Å². The number of likely N-dealkylation sites (N-methyl/N-ethyl adjacent to an activating group) is 1. The van der Waals surface area contributed by atoms with Crippen LogP contribution in [0.3, 0.4) is 0 Å². The number of alkyl halides is 4. The maximum absolute atomic E-state index is 14.6. The van der Waals surface area contributed by atoms with Gasteiger partial charge in [0.2, 0.25) is 0 Å². The maximum Gasteiger partial charge on any atom is 0.432 e. The Morgan fingerprint density at radius 1 is 0.967 bits per heavy atom. The van der Waals surface area contributed by atoms with Gasteiger partial charge in [0.15, 0.2) is 22.8 Å². The molecule has 6 aromatic rings. The van der Waals surface area contributed by atoms with E-state index in [0.29, 0.717) is 59.5 Å². The van der Waals surface area contributed by atoms with Gasteiger partial charge in [0.25, 0.3) is 11.8 Å². The normalized spacial score (nSPS) is 15.9. The molecule has 0 bridgehead atoms. The molecular formula is C42H41ClF3N7O8. The summed E-state index contributed by atoms with van der Waals surface area (Å²) in [5.41, 5.74) is -0.716. The number of furan rings is 1. The Labute approximate surface area is 351 Å². The zero-order valence-corrected chi connectivity index (χ0v) is 34.3. The van der Waals surface area contributed by atoms with Gasteiger partial charge in [-0.1, -0.05) is 12.1 Å². The minimum Gasteiger partial charge on any atom is -0.493 e. The van der Waals surface area contributed by atoms with Gasteiger partial charge in [-0.05, 0) is 56.1 Å². The molecular weight excluding hydrogens is 823 g/mol. The van der Waals surface area contributed by atoms with Gasteiger partial charge in [-0.2, -0.15) is 13.2 Å². The quantitative estimate of drug-likeness (QED) is 0.0954. The highest BCUT2D eigenvalue weighted by atomic mass is 35.5. The summed E-state index contributed by atoms with van der Waals surface area (Å²) >= 11 is 6.46. The first-order valence-electron chi connectivity index (χ1n) is 19.3. The van der Waals surface area contributed by atoms with Crippen LogP contribution in [-0.2, 0) is 10.9 Å². The molecule has 3 N–H and O–H groups in total. The highest BCUT2D eigenvalue weighted by molar-refractivity contribution is 6.20. The summed E-state index contributed by atoms with van der Waals surface area (Å²) in [4.78, 5) is 67.0. The third-order valence-electron chi connectivity index (χ3n) is 11.0. The Kier molecular flexibility index (Phi) is 11.1. The molecule has 15 nitrogen and oxygen atoms in total. The fourth-order valence-corrected chi connectivity index (χ4v) is 8.20. The number of methoxy groups -OCH3 is 2. The molecule has 1 fully saturated rings. The number of esters is 1. The average Bonchev–Trinajstić information content (AvgIpc) is 4.04. The van der Waals surface area contributed by atoms with E-state index in [1.807, 2.05) is 14.1 Å². The van der Waals surface area contributed by atoms with Gasteiger partial charge < -0.3 is 48.6 Å². The van der Waals surface area contributed by atoms with Crippen molar-refractivity contribution < 1.29 is 51.0 Å². The van der Waals surface area contributed by atoms with Crippen molar-refractivity contribution >= 4 is 79.6 Å². The molecule has 1 saturated heterocycles. The largest absolute Gasteiger partial charge is 0.493 e. The van der Waals surface area contributed by atoms with E-state index in [9.17, 15) is 32.3 Å². The molecule has 5 heterocycles. The smallest absolute Gasteiger partial charge is 0.432 e. The molecule has 0 radical (unpaired) electrons. The molecule has 0 unspecified atom stereocenters. The minimum atomic E-state index is -5.05. The number of anilines is 2. The van der Waals surface area contributed by atoms with Gasteiger partial charge in [0, 0.05) is 91.0 Å². The fraction of sp³-hybridized carbons (Fsp3) is 0.333. The molecule has 0 aliphatic carbocycles. The predicted octanol–water partition coefficient (Wildman–Crippen LogP) is 7.12. The first-order chi connectivity index (χ1) is 29.2. The lowest BCUT2D eigenvalue weighted by Crippen LogP contribution is -2.50.